The average molecular weight is 239 g/mol. The van der Waals surface area contributed by atoms with Crippen LogP contribution in [0.25, 0.3) is 0 Å². The van der Waals surface area contributed by atoms with Crippen LogP contribution < -0.4 is 10.1 Å². The highest BCUT2D eigenvalue weighted by Crippen LogP contribution is 2.24. The minimum absolute atomic E-state index is 0.732. The molecule has 2 rings (SSSR count). The molecule has 0 aromatic carbocycles. The van der Waals surface area contributed by atoms with Gasteiger partial charge in [-0.25, -0.2) is 0 Å². The molecule has 1 aliphatic carbocycles. The van der Waals surface area contributed by atoms with Crippen LogP contribution >= 0.6 is 11.3 Å². The fourth-order valence-corrected chi connectivity index (χ4v) is 3.06. The Labute approximate surface area is 102 Å². The number of rotatable bonds is 4. The maximum Gasteiger partial charge on any atom is 0.173 e. The summed E-state index contributed by atoms with van der Waals surface area (Å²) in [6.45, 7) is 0.999. The number of ether oxygens (including phenoxy) is 1. The summed E-state index contributed by atoms with van der Waals surface area (Å²) in [7, 11) is 1.73. The summed E-state index contributed by atoms with van der Waals surface area (Å²) < 4.78 is 5.20. The highest BCUT2D eigenvalue weighted by molar-refractivity contribution is 7.13. The van der Waals surface area contributed by atoms with Gasteiger partial charge in [-0.3, -0.25) is 0 Å². The maximum atomic E-state index is 5.20. The molecule has 2 nitrogen and oxygen atoms in total. The Hall–Kier alpha value is -0.540. The first kappa shape index (κ1) is 11.9. The van der Waals surface area contributed by atoms with Gasteiger partial charge in [-0.1, -0.05) is 25.7 Å². The highest BCUT2D eigenvalue weighted by Gasteiger charge is 2.11. The van der Waals surface area contributed by atoms with Crippen molar-refractivity contribution in [1.82, 2.24) is 5.32 Å². The molecule has 0 unspecified atom stereocenters. The third-order valence-electron chi connectivity index (χ3n) is 3.26. The number of thiophene rings is 1. The second kappa shape index (κ2) is 6.26. The lowest BCUT2D eigenvalue weighted by Gasteiger charge is -2.15. The van der Waals surface area contributed by atoms with Crippen LogP contribution in [0.15, 0.2) is 12.1 Å². The van der Waals surface area contributed by atoms with E-state index >= 15 is 0 Å². The first-order valence-corrected chi connectivity index (χ1v) is 7.06. The monoisotopic (exact) mass is 239 g/mol. The normalized spacial score (nSPS) is 18.3. The molecule has 16 heavy (non-hydrogen) atoms. The third-order valence-corrected chi connectivity index (χ3v) is 4.30. The van der Waals surface area contributed by atoms with Crippen LogP contribution in [0.3, 0.4) is 0 Å². The highest BCUT2D eigenvalue weighted by atomic mass is 32.1. The van der Waals surface area contributed by atoms with E-state index in [9.17, 15) is 0 Å². The smallest absolute Gasteiger partial charge is 0.173 e. The molecular weight excluding hydrogens is 218 g/mol. The number of hydrogen-bond donors (Lipinski definition) is 1. The van der Waals surface area contributed by atoms with Gasteiger partial charge in [0.05, 0.1) is 7.11 Å². The molecule has 1 heterocycles. The molecule has 90 valence electrons. The van der Waals surface area contributed by atoms with Crippen LogP contribution in [-0.4, -0.2) is 13.2 Å². The van der Waals surface area contributed by atoms with Gasteiger partial charge in [0.15, 0.2) is 5.06 Å². The molecular formula is C13H21NOS. The van der Waals surface area contributed by atoms with Gasteiger partial charge in [0.2, 0.25) is 0 Å². The molecule has 0 spiro atoms. The molecule has 0 bridgehead atoms. The molecule has 0 atom stereocenters. The SMILES string of the molecule is COc1ccc(CNC2CCCCCC2)s1. The molecule has 1 aromatic heterocycles. The molecule has 0 radical (unpaired) electrons. The van der Waals surface area contributed by atoms with Gasteiger partial charge >= 0.3 is 0 Å². The third kappa shape index (κ3) is 3.49. The second-order valence-corrected chi connectivity index (χ2v) is 5.63. The van der Waals surface area contributed by atoms with Crippen molar-refractivity contribution in [2.45, 2.75) is 51.1 Å². The largest absolute Gasteiger partial charge is 0.487 e. The lowest BCUT2D eigenvalue weighted by Crippen LogP contribution is -2.27. The minimum atomic E-state index is 0.732. The summed E-state index contributed by atoms with van der Waals surface area (Å²) in [5.74, 6) is 0. The Morgan fingerprint density at radius 3 is 2.62 bits per heavy atom. The van der Waals surface area contributed by atoms with Crippen molar-refractivity contribution in [2.75, 3.05) is 7.11 Å². The van der Waals surface area contributed by atoms with Gasteiger partial charge in [0, 0.05) is 17.5 Å². The van der Waals surface area contributed by atoms with E-state index in [2.05, 4.69) is 17.4 Å². The number of hydrogen-bond acceptors (Lipinski definition) is 3. The van der Waals surface area contributed by atoms with Crippen molar-refractivity contribution in [3.05, 3.63) is 17.0 Å². The Kier molecular flexibility index (Phi) is 4.67. The summed E-state index contributed by atoms with van der Waals surface area (Å²) in [5.41, 5.74) is 0. The summed E-state index contributed by atoms with van der Waals surface area (Å²) in [4.78, 5) is 1.38. The lowest BCUT2D eigenvalue weighted by atomic mass is 10.1. The van der Waals surface area contributed by atoms with Crippen molar-refractivity contribution >= 4 is 11.3 Å². The summed E-state index contributed by atoms with van der Waals surface area (Å²) >= 11 is 1.74. The van der Waals surface area contributed by atoms with Crippen LogP contribution in [0.2, 0.25) is 0 Å². The maximum absolute atomic E-state index is 5.20. The van der Waals surface area contributed by atoms with Gasteiger partial charge < -0.3 is 10.1 Å². The molecule has 1 fully saturated rings. The molecule has 0 amide bonds. The van der Waals surface area contributed by atoms with Crippen LogP contribution in [0, 0.1) is 0 Å². The zero-order chi connectivity index (χ0) is 11.2. The van der Waals surface area contributed by atoms with Gasteiger partial charge in [-0.05, 0) is 25.0 Å². The molecule has 1 aliphatic rings. The first-order valence-electron chi connectivity index (χ1n) is 6.24. The van der Waals surface area contributed by atoms with Crippen molar-refractivity contribution < 1.29 is 4.74 Å². The van der Waals surface area contributed by atoms with Crippen molar-refractivity contribution in [3.63, 3.8) is 0 Å². The van der Waals surface area contributed by atoms with E-state index in [0.29, 0.717) is 0 Å². The topological polar surface area (TPSA) is 21.3 Å². The van der Waals surface area contributed by atoms with Crippen LogP contribution in [0.4, 0.5) is 0 Å². The van der Waals surface area contributed by atoms with Crippen molar-refractivity contribution in [2.24, 2.45) is 0 Å². The zero-order valence-corrected chi connectivity index (χ0v) is 10.8. The fraction of sp³-hybridized carbons (Fsp3) is 0.692. The molecule has 0 aliphatic heterocycles. The molecule has 1 N–H and O–H groups in total. The Morgan fingerprint density at radius 1 is 1.25 bits per heavy atom. The Morgan fingerprint density at radius 2 is 2.00 bits per heavy atom. The van der Waals surface area contributed by atoms with Crippen molar-refractivity contribution in [1.29, 1.82) is 0 Å². The number of nitrogens with one attached hydrogen (secondary N) is 1. The van der Waals surface area contributed by atoms with E-state index in [4.69, 9.17) is 4.74 Å². The van der Waals surface area contributed by atoms with E-state index in [1.807, 2.05) is 0 Å². The Bertz CT molecular complexity index is 303. The van der Waals surface area contributed by atoms with Gasteiger partial charge in [-0.2, -0.15) is 0 Å². The Balaban J connectivity index is 1.77. The van der Waals surface area contributed by atoms with E-state index < -0.39 is 0 Å². The molecule has 3 heteroatoms. The summed E-state index contributed by atoms with van der Waals surface area (Å²) in [5, 5.41) is 4.68. The van der Waals surface area contributed by atoms with E-state index in [1.165, 1.54) is 43.4 Å². The second-order valence-electron chi connectivity index (χ2n) is 4.49. The van der Waals surface area contributed by atoms with Gasteiger partial charge in [-0.15, -0.1) is 11.3 Å². The summed E-state index contributed by atoms with van der Waals surface area (Å²) in [6, 6.07) is 4.94. The average Bonchev–Trinajstić information content (AvgIpc) is 2.61. The first-order chi connectivity index (χ1) is 7.88. The van der Waals surface area contributed by atoms with Gasteiger partial charge in [0.25, 0.3) is 0 Å². The summed E-state index contributed by atoms with van der Waals surface area (Å²) in [6.07, 6.45) is 8.33. The quantitative estimate of drug-likeness (QED) is 0.811. The predicted molar refractivity (Wildman–Crippen MR) is 69.2 cm³/mol. The molecule has 1 aromatic rings. The van der Waals surface area contributed by atoms with Crippen LogP contribution in [0.5, 0.6) is 5.06 Å². The van der Waals surface area contributed by atoms with Gasteiger partial charge in [0.1, 0.15) is 0 Å². The number of methoxy groups -OCH3 is 1. The predicted octanol–water partition coefficient (Wildman–Crippen LogP) is 3.57. The molecule has 0 saturated heterocycles. The van der Waals surface area contributed by atoms with E-state index in [0.717, 1.165) is 17.6 Å². The van der Waals surface area contributed by atoms with Crippen LogP contribution in [-0.2, 0) is 6.54 Å². The standard InChI is InChI=1S/C13H21NOS/c1-15-13-9-8-12(16-13)10-14-11-6-4-2-3-5-7-11/h8-9,11,14H,2-7,10H2,1H3. The lowest BCUT2D eigenvalue weighted by molar-refractivity contribution is 0.427. The minimum Gasteiger partial charge on any atom is -0.487 e. The van der Waals surface area contributed by atoms with Crippen LogP contribution in [0.1, 0.15) is 43.4 Å². The molecule has 1 saturated carbocycles. The van der Waals surface area contributed by atoms with E-state index in [-0.39, 0.29) is 0 Å². The fourth-order valence-electron chi connectivity index (χ4n) is 2.29. The van der Waals surface area contributed by atoms with Crippen molar-refractivity contribution in [3.8, 4) is 5.06 Å². The zero-order valence-electron chi connectivity index (χ0n) is 10.00. The van der Waals surface area contributed by atoms with E-state index in [1.54, 1.807) is 18.4 Å².